The number of halogens is 3. The van der Waals surface area contributed by atoms with Crippen molar-refractivity contribution in [3.8, 4) is 0 Å². The Morgan fingerprint density at radius 1 is 1.14 bits per heavy atom. The highest BCUT2D eigenvalue weighted by Gasteiger charge is 2.22. The van der Waals surface area contributed by atoms with Crippen molar-refractivity contribution in [2.75, 3.05) is 6.54 Å². The highest BCUT2D eigenvalue weighted by Crippen LogP contribution is 2.29. The summed E-state index contributed by atoms with van der Waals surface area (Å²) in [6.07, 6.45) is 0.546. The zero-order valence-electron chi connectivity index (χ0n) is 12.1. The maximum absolute atomic E-state index is 14.3. The van der Waals surface area contributed by atoms with E-state index in [1.165, 1.54) is 12.1 Å². The van der Waals surface area contributed by atoms with Crippen LogP contribution in [0.15, 0.2) is 40.9 Å². The predicted molar refractivity (Wildman–Crippen MR) is 85.4 cm³/mol. The second kappa shape index (κ2) is 7.14. The first-order chi connectivity index (χ1) is 10.0. The van der Waals surface area contributed by atoms with Crippen LogP contribution in [-0.4, -0.2) is 6.54 Å². The van der Waals surface area contributed by atoms with Crippen molar-refractivity contribution in [2.45, 2.75) is 26.3 Å². The summed E-state index contributed by atoms with van der Waals surface area (Å²) in [6.45, 7) is 4.58. The van der Waals surface area contributed by atoms with E-state index in [0.717, 1.165) is 11.1 Å². The first-order valence-corrected chi connectivity index (χ1v) is 7.75. The third kappa shape index (κ3) is 3.69. The summed E-state index contributed by atoms with van der Waals surface area (Å²) in [4.78, 5) is 0. The second-order valence-electron chi connectivity index (χ2n) is 5.00. The second-order valence-corrected chi connectivity index (χ2v) is 5.85. The zero-order chi connectivity index (χ0) is 15.4. The minimum Gasteiger partial charge on any atom is -0.310 e. The fraction of sp³-hybridized carbons (Fsp3) is 0.294. The third-order valence-corrected chi connectivity index (χ3v) is 4.18. The minimum atomic E-state index is -0.533. The number of hydrogen-bond donors (Lipinski definition) is 1. The van der Waals surface area contributed by atoms with Crippen molar-refractivity contribution in [3.63, 3.8) is 0 Å². The lowest BCUT2D eigenvalue weighted by molar-refractivity contribution is 0.470. The van der Waals surface area contributed by atoms with Crippen LogP contribution >= 0.6 is 15.9 Å². The van der Waals surface area contributed by atoms with Gasteiger partial charge in [0.05, 0.1) is 4.47 Å². The number of benzene rings is 2. The van der Waals surface area contributed by atoms with Crippen LogP contribution in [-0.2, 0) is 6.42 Å². The predicted octanol–water partition coefficient (Wildman–Crippen LogP) is 4.93. The summed E-state index contributed by atoms with van der Waals surface area (Å²) in [6, 6.07) is 10.2. The van der Waals surface area contributed by atoms with E-state index in [4.69, 9.17) is 0 Å². The van der Waals surface area contributed by atoms with E-state index in [2.05, 4.69) is 21.2 Å². The molecule has 21 heavy (non-hydrogen) atoms. The molecular formula is C17H18BrF2N. The van der Waals surface area contributed by atoms with Crippen molar-refractivity contribution in [3.05, 3.63) is 69.2 Å². The highest BCUT2D eigenvalue weighted by molar-refractivity contribution is 9.10. The number of likely N-dealkylation sites (N-methyl/N-ethyl adjacent to an activating group) is 1. The Labute approximate surface area is 132 Å². The van der Waals surface area contributed by atoms with Crippen molar-refractivity contribution in [1.82, 2.24) is 5.32 Å². The lowest BCUT2D eigenvalue weighted by atomic mass is 9.95. The molecule has 0 saturated carbocycles. The smallest absolute Gasteiger partial charge is 0.145 e. The van der Waals surface area contributed by atoms with Crippen molar-refractivity contribution in [2.24, 2.45) is 0 Å². The first kappa shape index (κ1) is 16.1. The topological polar surface area (TPSA) is 12.0 Å². The molecular weight excluding hydrogens is 336 g/mol. The van der Waals surface area contributed by atoms with Gasteiger partial charge in [-0.05, 0) is 59.1 Å². The molecule has 112 valence electrons. The lowest BCUT2D eigenvalue weighted by Gasteiger charge is -2.21. The van der Waals surface area contributed by atoms with Crippen molar-refractivity contribution in [1.29, 1.82) is 0 Å². The van der Waals surface area contributed by atoms with Crippen LogP contribution in [0, 0.1) is 18.6 Å². The molecule has 2 rings (SSSR count). The number of rotatable bonds is 5. The SMILES string of the molecule is CCNC(Cc1ccccc1C)c1c(F)ccc(Br)c1F. The van der Waals surface area contributed by atoms with E-state index in [1.807, 2.05) is 38.1 Å². The normalized spacial score (nSPS) is 12.4. The van der Waals surface area contributed by atoms with Gasteiger partial charge in [-0.3, -0.25) is 0 Å². The van der Waals surface area contributed by atoms with Crippen molar-refractivity contribution < 1.29 is 8.78 Å². The summed E-state index contributed by atoms with van der Waals surface area (Å²) < 4.78 is 28.7. The van der Waals surface area contributed by atoms with Gasteiger partial charge in [0, 0.05) is 11.6 Å². The van der Waals surface area contributed by atoms with Crippen LogP contribution in [0.4, 0.5) is 8.78 Å². The highest BCUT2D eigenvalue weighted by atomic mass is 79.9. The Bertz CT molecular complexity index is 628. The van der Waals surface area contributed by atoms with Gasteiger partial charge in [0.15, 0.2) is 0 Å². The van der Waals surface area contributed by atoms with Crippen LogP contribution in [0.3, 0.4) is 0 Å². The lowest BCUT2D eigenvalue weighted by Crippen LogP contribution is -2.25. The Kier molecular flexibility index (Phi) is 5.48. The molecule has 0 aliphatic rings. The molecule has 2 aromatic carbocycles. The van der Waals surface area contributed by atoms with Gasteiger partial charge in [-0.2, -0.15) is 0 Å². The van der Waals surface area contributed by atoms with Gasteiger partial charge in [-0.25, -0.2) is 8.78 Å². The molecule has 0 bridgehead atoms. The average Bonchev–Trinajstić information content (AvgIpc) is 2.46. The van der Waals surface area contributed by atoms with Crippen LogP contribution in [0.25, 0.3) is 0 Å². The Hall–Kier alpha value is -1.26. The quantitative estimate of drug-likeness (QED) is 0.751. The minimum absolute atomic E-state index is 0.0921. The Balaban J connectivity index is 2.40. The molecule has 0 fully saturated rings. The fourth-order valence-electron chi connectivity index (χ4n) is 2.44. The molecule has 1 N–H and O–H groups in total. The van der Waals surface area contributed by atoms with Crippen LogP contribution in [0.5, 0.6) is 0 Å². The van der Waals surface area contributed by atoms with Gasteiger partial charge in [-0.1, -0.05) is 31.2 Å². The summed E-state index contributed by atoms with van der Waals surface area (Å²) >= 11 is 3.13. The van der Waals surface area contributed by atoms with Gasteiger partial charge in [-0.15, -0.1) is 0 Å². The average molecular weight is 354 g/mol. The largest absolute Gasteiger partial charge is 0.310 e. The Morgan fingerprint density at radius 2 is 1.86 bits per heavy atom. The van der Waals surface area contributed by atoms with Gasteiger partial charge in [0.1, 0.15) is 11.6 Å². The molecule has 0 saturated heterocycles. The third-order valence-electron chi connectivity index (χ3n) is 3.56. The molecule has 0 heterocycles. The summed E-state index contributed by atoms with van der Waals surface area (Å²) in [5, 5.41) is 3.18. The molecule has 0 aliphatic carbocycles. The molecule has 1 unspecified atom stereocenters. The van der Waals surface area contributed by atoms with Crippen LogP contribution in [0.1, 0.15) is 29.7 Å². The van der Waals surface area contributed by atoms with E-state index in [9.17, 15) is 8.78 Å². The Morgan fingerprint density at radius 3 is 2.52 bits per heavy atom. The first-order valence-electron chi connectivity index (χ1n) is 6.95. The zero-order valence-corrected chi connectivity index (χ0v) is 13.7. The number of nitrogens with one attached hydrogen (secondary N) is 1. The number of aryl methyl sites for hydroxylation is 1. The van der Waals surface area contributed by atoms with E-state index in [1.54, 1.807) is 0 Å². The maximum atomic E-state index is 14.3. The van der Waals surface area contributed by atoms with E-state index in [-0.39, 0.29) is 10.0 Å². The van der Waals surface area contributed by atoms with Gasteiger partial charge in [0.25, 0.3) is 0 Å². The monoisotopic (exact) mass is 353 g/mol. The molecule has 0 aromatic heterocycles. The summed E-state index contributed by atoms with van der Waals surface area (Å²) in [7, 11) is 0. The van der Waals surface area contributed by atoms with Gasteiger partial charge in [0.2, 0.25) is 0 Å². The standard InChI is InChI=1S/C17H18BrF2N/c1-3-21-15(10-12-7-5-4-6-11(12)2)16-14(19)9-8-13(18)17(16)20/h4-9,15,21H,3,10H2,1-2H3. The van der Waals surface area contributed by atoms with Crippen LogP contribution in [0.2, 0.25) is 0 Å². The van der Waals surface area contributed by atoms with Crippen LogP contribution < -0.4 is 5.32 Å². The fourth-order valence-corrected chi connectivity index (χ4v) is 2.79. The van der Waals surface area contributed by atoms with Gasteiger partial charge >= 0.3 is 0 Å². The molecule has 0 amide bonds. The molecule has 0 aliphatic heterocycles. The van der Waals surface area contributed by atoms with E-state index >= 15 is 0 Å². The molecule has 1 nitrogen and oxygen atoms in total. The number of hydrogen-bond acceptors (Lipinski definition) is 1. The summed E-state index contributed by atoms with van der Waals surface area (Å²) in [5.41, 5.74) is 2.30. The molecule has 4 heteroatoms. The molecule has 2 aromatic rings. The maximum Gasteiger partial charge on any atom is 0.145 e. The molecule has 0 spiro atoms. The van der Waals surface area contributed by atoms with Crippen molar-refractivity contribution >= 4 is 15.9 Å². The van der Waals surface area contributed by atoms with E-state index in [0.29, 0.717) is 13.0 Å². The van der Waals surface area contributed by atoms with Gasteiger partial charge < -0.3 is 5.32 Å². The molecule has 1 atom stereocenters. The summed E-state index contributed by atoms with van der Waals surface area (Å²) in [5.74, 6) is -1.05. The molecule has 0 radical (unpaired) electrons. The van der Waals surface area contributed by atoms with E-state index < -0.39 is 17.7 Å².